The molecule has 0 spiro atoms. The zero-order valence-corrected chi connectivity index (χ0v) is 17.9. The third kappa shape index (κ3) is 5.88. The lowest BCUT2D eigenvalue weighted by molar-refractivity contribution is 0.212. The van der Waals surface area contributed by atoms with Gasteiger partial charge < -0.3 is 14.9 Å². The molecule has 4 rings (SSSR count). The van der Waals surface area contributed by atoms with Gasteiger partial charge in [0.05, 0.1) is 35.6 Å². The Morgan fingerprint density at radius 3 is 1.78 bits per heavy atom. The zero-order chi connectivity index (χ0) is 19.2. The Bertz CT molecular complexity index is 686. The van der Waals surface area contributed by atoms with Gasteiger partial charge in [0.2, 0.25) is 0 Å². The van der Waals surface area contributed by atoms with Crippen LogP contribution in [0.3, 0.4) is 0 Å². The van der Waals surface area contributed by atoms with E-state index in [1.54, 1.807) is 6.20 Å². The van der Waals surface area contributed by atoms with Crippen molar-refractivity contribution in [2.24, 2.45) is 0 Å². The number of hydrogen-bond donors (Lipinski definition) is 1. The van der Waals surface area contributed by atoms with Crippen molar-refractivity contribution >= 4 is 15.9 Å². The van der Waals surface area contributed by atoms with Gasteiger partial charge in [-0.2, -0.15) is 10.2 Å². The normalized spacial score (nSPS) is 20.4. The molecule has 2 aromatic rings. The van der Waals surface area contributed by atoms with Crippen molar-refractivity contribution < 1.29 is 5.11 Å². The maximum atomic E-state index is 8.93. The highest BCUT2D eigenvalue weighted by molar-refractivity contribution is 9.10. The summed E-state index contributed by atoms with van der Waals surface area (Å²) >= 11 is 3.42. The second-order valence-electron chi connectivity index (χ2n) is 7.69. The number of piperidine rings is 2. The highest BCUT2D eigenvalue weighted by atomic mass is 79.9. The van der Waals surface area contributed by atoms with Crippen molar-refractivity contribution in [3.63, 3.8) is 0 Å². The van der Waals surface area contributed by atoms with Gasteiger partial charge in [0.25, 0.3) is 0 Å². The number of aliphatic hydroxyl groups excluding tert-OH is 1. The van der Waals surface area contributed by atoms with Gasteiger partial charge in [-0.3, -0.25) is 9.36 Å². The third-order valence-electron chi connectivity index (χ3n) is 5.53. The molecule has 2 aliphatic heterocycles. The van der Waals surface area contributed by atoms with E-state index in [4.69, 9.17) is 5.11 Å². The van der Waals surface area contributed by atoms with E-state index in [0.29, 0.717) is 12.1 Å². The molecule has 1 N–H and O–H groups in total. The maximum Gasteiger partial charge on any atom is 0.0712 e. The fourth-order valence-electron chi connectivity index (χ4n) is 3.69. The third-order valence-corrected chi connectivity index (χ3v) is 5.94. The van der Waals surface area contributed by atoms with Crippen molar-refractivity contribution in [2.45, 2.75) is 44.4 Å². The van der Waals surface area contributed by atoms with Gasteiger partial charge in [0, 0.05) is 18.0 Å². The Hall–Kier alpha value is -1.22. The molecule has 0 atom stereocenters. The van der Waals surface area contributed by atoms with Crippen LogP contribution in [0.25, 0.3) is 0 Å². The molecule has 2 fully saturated rings. The van der Waals surface area contributed by atoms with Gasteiger partial charge in [-0.1, -0.05) is 0 Å². The molecule has 7 nitrogen and oxygen atoms in total. The van der Waals surface area contributed by atoms with Gasteiger partial charge in [0.15, 0.2) is 0 Å². The van der Waals surface area contributed by atoms with Crippen molar-refractivity contribution in [2.75, 3.05) is 40.3 Å². The number of likely N-dealkylation sites (tertiary alicyclic amines) is 2. The quantitative estimate of drug-likeness (QED) is 0.797. The van der Waals surface area contributed by atoms with E-state index >= 15 is 0 Å². The minimum atomic E-state index is 0.0899. The van der Waals surface area contributed by atoms with Crippen LogP contribution in [0.2, 0.25) is 0 Å². The molecule has 8 heteroatoms. The first kappa shape index (κ1) is 20.5. The summed E-state index contributed by atoms with van der Waals surface area (Å²) in [5.41, 5.74) is 0.906. The molecule has 0 aromatic carbocycles. The molecule has 150 valence electrons. The summed E-state index contributed by atoms with van der Waals surface area (Å²) in [7, 11) is 4.33. The van der Waals surface area contributed by atoms with Crippen LogP contribution in [0.5, 0.6) is 0 Å². The van der Waals surface area contributed by atoms with Crippen LogP contribution in [0.15, 0.2) is 29.3 Å². The average molecular weight is 439 g/mol. The standard InChI is InChI=1S/C10H17N3O.C9H14BrN3/c1-12-4-2-10(3-5-12)13-7-9(8-14)6-11-13;1-12-4-2-9(3-5-12)13-7-8(10)6-11-13/h6-7,10,14H,2-5,8H2,1H3;6-7,9H,2-5H2,1H3. The molecule has 2 aliphatic rings. The van der Waals surface area contributed by atoms with E-state index in [9.17, 15) is 0 Å². The molecule has 4 heterocycles. The molecule has 0 aliphatic carbocycles. The first-order chi connectivity index (χ1) is 13.0. The van der Waals surface area contributed by atoms with E-state index in [-0.39, 0.29) is 6.61 Å². The van der Waals surface area contributed by atoms with E-state index in [2.05, 4.69) is 60.9 Å². The van der Waals surface area contributed by atoms with Gasteiger partial charge in [0.1, 0.15) is 0 Å². The van der Waals surface area contributed by atoms with E-state index in [1.807, 2.05) is 17.1 Å². The van der Waals surface area contributed by atoms with Crippen molar-refractivity contribution in [1.82, 2.24) is 29.4 Å². The molecule has 27 heavy (non-hydrogen) atoms. The van der Waals surface area contributed by atoms with Gasteiger partial charge in [-0.15, -0.1) is 0 Å². The monoisotopic (exact) mass is 438 g/mol. The lowest BCUT2D eigenvalue weighted by Crippen LogP contribution is -2.31. The van der Waals surface area contributed by atoms with Crippen molar-refractivity contribution in [1.29, 1.82) is 0 Å². The van der Waals surface area contributed by atoms with Crippen molar-refractivity contribution in [3.8, 4) is 0 Å². The number of aliphatic hydroxyl groups is 1. The van der Waals surface area contributed by atoms with Gasteiger partial charge >= 0.3 is 0 Å². The van der Waals surface area contributed by atoms with E-state index in [0.717, 1.165) is 36.0 Å². The van der Waals surface area contributed by atoms with Crippen molar-refractivity contribution in [3.05, 3.63) is 34.8 Å². The summed E-state index contributed by atoms with van der Waals surface area (Å²) in [6.07, 6.45) is 12.4. The first-order valence-corrected chi connectivity index (χ1v) is 10.5. The summed E-state index contributed by atoms with van der Waals surface area (Å²) < 4.78 is 5.15. The van der Waals surface area contributed by atoms with Crippen LogP contribution in [-0.2, 0) is 6.61 Å². The Balaban J connectivity index is 0.000000156. The Morgan fingerprint density at radius 2 is 1.37 bits per heavy atom. The molecule has 0 bridgehead atoms. The maximum absolute atomic E-state index is 8.93. The first-order valence-electron chi connectivity index (χ1n) is 9.75. The molecule has 2 aromatic heterocycles. The van der Waals surface area contributed by atoms with Gasteiger partial charge in [-0.05, 0) is 81.9 Å². The Morgan fingerprint density at radius 1 is 0.889 bits per heavy atom. The number of nitrogens with zero attached hydrogens (tertiary/aromatic N) is 6. The van der Waals surface area contributed by atoms with Crippen LogP contribution >= 0.6 is 15.9 Å². The minimum absolute atomic E-state index is 0.0899. The van der Waals surface area contributed by atoms with Crippen LogP contribution in [0.4, 0.5) is 0 Å². The fraction of sp³-hybridized carbons (Fsp3) is 0.684. The second kappa shape index (κ2) is 9.82. The molecule has 2 saturated heterocycles. The molecule has 0 amide bonds. The summed E-state index contributed by atoms with van der Waals surface area (Å²) in [6, 6.07) is 1.12. The molecule has 0 unspecified atom stereocenters. The SMILES string of the molecule is CN1CCC(n2cc(Br)cn2)CC1.CN1CCC(n2cc(CO)cn2)CC1. The Labute approximate surface area is 170 Å². The fourth-order valence-corrected chi connectivity index (χ4v) is 3.99. The molecule has 0 radical (unpaired) electrons. The summed E-state index contributed by atoms with van der Waals surface area (Å²) in [5.74, 6) is 0. The number of halogens is 1. The summed E-state index contributed by atoms with van der Waals surface area (Å²) in [6.45, 7) is 4.73. The summed E-state index contributed by atoms with van der Waals surface area (Å²) in [5, 5.41) is 17.5. The van der Waals surface area contributed by atoms with E-state index in [1.165, 1.54) is 25.9 Å². The lowest BCUT2D eigenvalue weighted by Gasteiger charge is -2.28. The van der Waals surface area contributed by atoms with Crippen LogP contribution in [-0.4, -0.2) is 74.7 Å². The number of rotatable bonds is 3. The average Bonchev–Trinajstić information content (AvgIpc) is 3.33. The largest absolute Gasteiger partial charge is 0.392 e. The Kier molecular flexibility index (Phi) is 7.46. The highest BCUT2D eigenvalue weighted by Crippen LogP contribution is 2.22. The van der Waals surface area contributed by atoms with Gasteiger partial charge in [-0.25, -0.2) is 0 Å². The summed E-state index contributed by atoms with van der Waals surface area (Å²) in [4.78, 5) is 4.71. The minimum Gasteiger partial charge on any atom is -0.392 e. The molecular weight excluding hydrogens is 408 g/mol. The predicted molar refractivity (Wildman–Crippen MR) is 110 cm³/mol. The van der Waals surface area contributed by atoms with E-state index < -0.39 is 0 Å². The molecule has 0 saturated carbocycles. The predicted octanol–water partition coefficient (Wildman–Crippen LogP) is 2.55. The van der Waals surface area contributed by atoms with Crippen LogP contribution in [0.1, 0.15) is 43.3 Å². The topological polar surface area (TPSA) is 62.4 Å². The smallest absolute Gasteiger partial charge is 0.0712 e. The van der Waals surface area contributed by atoms with Crippen LogP contribution in [0, 0.1) is 0 Å². The second-order valence-corrected chi connectivity index (χ2v) is 8.61. The number of aromatic nitrogens is 4. The molecular formula is C19H31BrN6O. The number of hydrogen-bond acceptors (Lipinski definition) is 5. The lowest BCUT2D eigenvalue weighted by atomic mass is 10.1. The highest BCUT2D eigenvalue weighted by Gasteiger charge is 2.19. The zero-order valence-electron chi connectivity index (χ0n) is 16.3. The van der Waals surface area contributed by atoms with Crippen LogP contribution < -0.4 is 0 Å².